The van der Waals surface area contributed by atoms with Gasteiger partial charge in [-0.1, -0.05) is 35.3 Å². The lowest BCUT2D eigenvalue weighted by Crippen LogP contribution is -2.29. The smallest absolute Gasteiger partial charge is 0.333 e. The highest BCUT2D eigenvalue weighted by molar-refractivity contribution is 6.42. The van der Waals surface area contributed by atoms with Crippen LogP contribution in [0.5, 0.6) is 11.5 Å². The van der Waals surface area contributed by atoms with E-state index in [4.69, 9.17) is 37.4 Å². The minimum Gasteiger partial charge on any atom is -0.491 e. The maximum Gasteiger partial charge on any atom is 0.333 e. The highest BCUT2D eigenvalue weighted by Crippen LogP contribution is 2.26. The summed E-state index contributed by atoms with van der Waals surface area (Å²) < 4.78 is 16.5. The summed E-state index contributed by atoms with van der Waals surface area (Å²) in [5.74, 6) is -0.00465. The van der Waals surface area contributed by atoms with Gasteiger partial charge in [0.15, 0.2) is 6.10 Å². The van der Waals surface area contributed by atoms with Crippen molar-refractivity contribution in [3.8, 4) is 11.5 Å². The number of rotatable bonds is 11. The van der Waals surface area contributed by atoms with E-state index < -0.39 is 18.2 Å². The Labute approximate surface area is 179 Å². The molecule has 2 atom stereocenters. The van der Waals surface area contributed by atoms with Gasteiger partial charge in [0.2, 0.25) is 0 Å². The number of aliphatic carboxylic acids is 1. The fourth-order valence-electron chi connectivity index (χ4n) is 2.50. The van der Waals surface area contributed by atoms with E-state index in [2.05, 4.69) is 0 Å². The van der Waals surface area contributed by atoms with E-state index in [1.54, 1.807) is 56.3 Å². The molecule has 0 radical (unpaired) electrons. The maximum atomic E-state index is 11.3. The van der Waals surface area contributed by atoms with Gasteiger partial charge in [-0.15, -0.1) is 0 Å². The van der Waals surface area contributed by atoms with Crippen molar-refractivity contribution in [1.29, 1.82) is 0 Å². The van der Waals surface area contributed by atoms with Crippen LogP contribution < -0.4 is 9.47 Å². The number of ether oxygens (including phenoxy) is 3. The van der Waals surface area contributed by atoms with Crippen LogP contribution in [-0.4, -0.2) is 47.7 Å². The predicted octanol–water partition coefficient (Wildman–Crippen LogP) is 4.23. The molecule has 2 aromatic carbocycles. The Hall–Kier alpha value is -1.99. The molecular weight excluding hydrogens is 419 g/mol. The standard InChI is InChI=1S/C21H24Cl2O6/c1-13(2)29-20(21(25)26)9-14-4-3-5-16(8-14)27-11-15(24)12-28-17-6-7-18(22)19(23)10-17/h3-8,10,13,15,20,24H,9,11-12H2,1-2H3,(H,25,26). The van der Waals surface area contributed by atoms with Crippen LogP contribution in [0.4, 0.5) is 0 Å². The van der Waals surface area contributed by atoms with Crippen molar-refractivity contribution in [1.82, 2.24) is 0 Å². The number of carbonyl (C=O) groups is 1. The van der Waals surface area contributed by atoms with Gasteiger partial charge >= 0.3 is 5.97 Å². The second-order valence-electron chi connectivity index (χ2n) is 6.71. The largest absolute Gasteiger partial charge is 0.491 e. The van der Waals surface area contributed by atoms with Crippen LogP contribution in [0, 0.1) is 0 Å². The van der Waals surface area contributed by atoms with Crippen molar-refractivity contribution in [2.24, 2.45) is 0 Å². The molecule has 0 aliphatic rings. The molecule has 2 rings (SSSR count). The van der Waals surface area contributed by atoms with E-state index in [9.17, 15) is 15.0 Å². The Morgan fingerprint density at radius 1 is 1.00 bits per heavy atom. The second kappa shape index (κ2) is 11.3. The molecule has 0 aliphatic carbocycles. The van der Waals surface area contributed by atoms with Crippen LogP contribution in [0.15, 0.2) is 42.5 Å². The topological polar surface area (TPSA) is 85.2 Å². The molecule has 2 unspecified atom stereocenters. The Morgan fingerprint density at radius 3 is 2.24 bits per heavy atom. The molecule has 8 heteroatoms. The molecule has 0 amide bonds. The number of aliphatic hydroxyl groups is 1. The zero-order valence-corrected chi connectivity index (χ0v) is 17.7. The molecular formula is C21H24Cl2O6. The summed E-state index contributed by atoms with van der Waals surface area (Å²) >= 11 is 11.8. The van der Waals surface area contributed by atoms with Gasteiger partial charge in [-0.25, -0.2) is 4.79 Å². The molecule has 2 aromatic rings. The van der Waals surface area contributed by atoms with Gasteiger partial charge in [0.1, 0.15) is 30.8 Å². The predicted molar refractivity (Wildman–Crippen MR) is 111 cm³/mol. The highest BCUT2D eigenvalue weighted by atomic mass is 35.5. The van der Waals surface area contributed by atoms with Crippen molar-refractivity contribution in [3.63, 3.8) is 0 Å². The normalized spacial score (nSPS) is 13.2. The lowest BCUT2D eigenvalue weighted by Gasteiger charge is -2.17. The molecule has 0 saturated heterocycles. The van der Waals surface area contributed by atoms with Crippen molar-refractivity contribution >= 4 is 29.2 Å². The number of aliphatic hydroxyl groups excluding tert-OH is 1. The molecule has 0 saturated carbocycles. The number of benzene rings is 2. The zero-order valence-electron chi connectivity index (χ0n) is 16.2. The minimum atomic E-state index is -1.01. The van der Waals surface area contributed by atoms with Gasteiger partial charge in [-0.05, 0) is 43.7 Å². The highest BCUT2D eigenvalue weighted by Gasteiger charge is 2.20. The molecule has 158 valence electrons. The Bertz CT molecular complexity index is 812. The lowest BCUT2D eigenvalue weighted by molar-refractivity contribution is -0.153. The van der Waals surface area contributed by atoms with Crippen LogP contribution in [0.2, 0.25) is 10.0 Å². The summed E-state index contributed by atoms with van der Waals surface area (Å²) in [6.45, 7) is 3.60. The second-order valence-corrected chi connectivity index (χ2v) is 7.53. The molecule has 0 bridgehead atoms. The van der Waals surface area contributed by atoms with Gasteiger partial charge in [0.05, 0.1) is 16.1 Å². The van der Waals surface area contributed by atoms with Gasteiger partial charge in [-0.3, -0.25) is 0 Å². The minimum absolute atomic E-state index is 0.00955. The van der Waals surface area contributed by atoms with E-state index in [-0.39, 0.29) is 25.7 Å². The van der Waals surface area contributed by atoms with E-state index in [1.165, 1.54) is 0 Å². The molecule has 29 heavy (non-hydrogen) atoms. The number of carboxylic acids is 1. The number of hydrogen-bond donors (Lipinski definition) is 2. The molecule has 0 aromatic heterocycles. The third-order valence-corrected chi connectivity index (χ3v) is 4.55. The monoisotopic (exact) mass is 442 g/mol. The lowest BCUT2D eigenvalue weighted by atomic mass is 10.1. The van der Waals surface area contributed by atoms with E-state index in [0.29, 0.717) is 21.5 Å². The molecule has 0 heterocycles. The van der Waals surface area contributed by atoms with E-state index in [0.717, 1.165) is 5.56 Å². The first-order chi connectivity index (χ1) is 13.7. The number of carboxylic acid groups (broad SMARTS) is 1. The number of hydrogen-bond acceptors (Lipinski definition) is 5. The Morgan fingerprint density at radius 2 is 1.66 bits per heavy atom. The first kappa shape index (κ1) is 23.3. The zero-order chi connectivity index (χ0) is 21.4. The fraction of sp³-hybridized carbons (Fsp3) is 0.381. The Balaban J connectivity index is 1.86. The summed E-state index contributed by atoms with van der Waals surface area (Å²) in [5, 5.41) is 20.2. The van der Waals surface area contributed by atoms with Crippen molar-refractivity contribution in [3.05, 3.63) is 58.1 Å². The van der Waals surface area contributed by atoms with Crippen molar-refractivity contribution in [2.75, 3.05) is 13.2 Å². The first-order valence-corrected chi connectivity index (χ1v) is 9.86. The van der Waals surface area contributed by atoms with Crippen LogP contribution in [0.1, 0.15) is 19.4 Å². The molecule has 0 aliphatic heterocycles. The summed E-state index contributed by atoms with van der Waals surface area (Å²) in [5.41, 5.74) is 0.761. The SMILES string of the molecule is CC(C)OC(Cc1cccc(OCC(O)COc2ccc(Cl)c(Cl)c2)c1)C(=O)O. The molecule has 0 spiro atoms. The summed E-state index contributed by atoms with van der Waals surface area (Å²) in [7, 11) is 0. The first-order valence-electron chi connectivity index (χ1n) is 9.10. The molecule has 2 N–H and O–H groups in total. The fourth-order valence-corrected chi connectivity index (χ4v) is 2.79. The van der Waals surface area contributed by atoms with Crippen LogP contribution in [-0.2, 0) is 16.0 Å². The molecule has 6 nitrogen and oxygen atoms in total. The van der Waals surface area contributed by atoms with Gasteiger partial charge in [0, 0.05) is 12.5 Å². The summed E-state index contributed by atoms with van der Waals surface area (Å²) in [6, 6.07) is 11.9. The third kappa shape index (κ3) is 8.11. The third-order valence-electron chi connectivity index (χ3n) is 3.81. The maximum absolute atomic E-state index is 11.3. The average Bonchev–Trinajstić information content (AvgIpc) is 2.66. The summed E-state index contributed by atoms with van der Waals surface area (Å²) in [4.78, 5) is 11.3. The van der Waals surface area contributed by atoms with Crippen molar-refractivity contribution < 1.29 is 29.2 Å². The van der Waals surface area contributed by atoms with E-state index >= 15 is 0 Å². The van der Waals surface area contributed by atoms with E-state index in [1.807, 2.05) is 0 Å². The summed E-state index contributed by atoms with van der Waals surface area (Å²) in [6.07, 6.45) is -1.78. The quantitative estimate of drug-likeness (QED) is 0.541. The van der Waals surface area contributed by atoms with Crippen LogP contribution in [0.25, 0.3) is 0 Å². The Kier molecular flexibility index (Phi) is 9.04. The van der Waals surface area contributed by atoms with Crippen LogP contribution >= 0.6 is 23.2 Å². The van der Waals surface area contributed by atoms with Crippen LogP contribution in [0.3, 0.4) is 0 Å². The molecule has 0 fully saturated rings. The van der Waals surface area contributed by atoms with Gasteiger partial charge in [0.25, 0.3) is 0 Å². The number of halogens is 2. The van der Waals surface area contributed by atoms with Crippen molar-refractivity contribution in [2.45, 2.75) is 38.6 Å². The van der Waals surface area contributed by atoms with Gasteiger partial charge < -0.3 is 24.4 Å². The average molecular weight is 443 g/mol. The van der Waals surface area contributed by atoms with Gasteiger partial charge in [-0.2, -0.15) is 0 Å².